The van der Waals surface area contributed by atoms with E-state index in [1.807, 2.05) is 6.07 Å². The van der Waals surface area contributed by atoms with Crippen LogP contribution in [-0.4, -0.2) is 43.6 Å². The second-order valence-corrected chi connectivity index (χ2v) is 1.73. The fraction of sp³-hybridized carbons (Fsp3) is 0. The molecule has 0 spiro atoms. The molecule has 0 aromatic heterocycles. The van der Waals surface area contributed by atoms with Crippen LogP contribution in [0.4, 0.5) is 0 Å². The first kappa shape index (κ1) is 9.95. The third-order valence-corrected chi connectivity index (χ3v) is 1.06. The molecule has 0 saturated heterocycles. The van der Waals surface area contributed by atoms with E-state index in [0.29, 0.717) is 5.56 Å². The number of carbonyl (C=O) groups is 1. The molecule has 0 aliphatic rings. The third-order valence-electron chi connectivity index (χ3n) is 1.06. The van der Waals surface area contributed by atoms with Gasteiger partial charge in [-0.15, -0.1) is 0 Å². The van der Waals surface area contributed by atoms with Crippen molar-refractivity contribution in [1.29, 1.82) is 0 Å². The summed E-state index contributed by atoms with van der Waals surface area (Å²) in [6, 6.07) is 8.76. The van der Waals surface area contributed by atoms with Crippen LogP contribution in [0.1, 0.15) is 10.4 Å². The minimum atomic E-state index is -0.379. The van der Waals surface area contributed by atoms with Gasteiger partial charge in [-0.3, -0.25) is 4.79 Å². The van der Waals surface area contributed by atoms with Crippen LogP contribution in [0.15, 0.2) is 30.3 Å². The van der Waals surface area contributed by atoms with E-state index in [0.717, 1.165) is 0 Å². The normalized spacial score (nSPS) is 8.00. The molecule has 2 radical (unpaired) electrons. The smallest absolute Gasteiger partial charge is 0.248 e. The van der Waals surface area contributed by atoms with Gasteiger partial charge in [0.05, 0.1) is 0 Å². The van der Waals surface area contributed by atoms with Crippen LogP contribution in [0.25, 0.3) is 0 Å². The molecule has 0 saturated carbocycles. The van der Waals surface area contributed by atoms with E-state index in [1.165, 1.54) is 0 Å². The second-order valence-electron chi connectivity index (χ2n) is 1.73. The van der Waals surface area contributed by atoms with Crippen LogP contribution in [0, 0.1) is 0 Å². The van der Waals surface area contributed by atoms with E-state index in [-0.39, 0.29) is 43.6 Å². The molecular formula is C7H7CaNO. The quantitative estimate of drug-likeness (QED) is 0.595. The van der Waals surface area contributed by atoms with Gasteiger partial charge in [-0.25, -0.2) is 0 Å². The van der Waals surface area contributed by atoms with Gasteiger partial charge in [-0.1, -0.05) is 18.2 Å². The Morgan fingerprint density at radius 1 is 1.20 bits per heavy atom. The molecule has 10 heavy (non-hydrogen) atoms. The zero-order valence-corrected chi connectivity index (χ0v) is 7.79. The average molecular weight is 161 g/mol. The molecule has 2 nitrogen and oxygen atoms in total. The topological polar surface area (TPSA) is 43.1 Å². The molecule has 3 heteroatoms. The molecule has 0 aliphatic carbocycles. The van der Waals surface area contributed by atoms with Gasteiger partial charge in [0.2, 0.25) is 5.91 Å². The molecular weight excluding hydrogens is 154 g/mol. The van der Waals surface area contributed by atoms with Gasteiger partial charge in [-0.05, 0) is 12.1 Å². The Morgan fingerprint density at radius 2 is 1.70 bits per heavy atom. The molecule has 0 aliphatic heterocycles. The number of primary amides is 1. The molecule has 0 atom stereocenters. The van der Waals surface area contributed by atoms with E-state index >= 15 is 0 Å². The van der Waals surface area contributed by atoms with Crippen molar-refractivity contribution >= 4 is 43.6 Å². The summed E-state index contributed by atoms with van der Waals surface area (Å²) in [4.78, 5) is 10.4. The van der Waals surface area contributed by atoms with Crippen molar-refractivity contribution < 1.29 is 4.79 Å². The Balaban J connectivity index is 0.000000810. The number of amides is 1. The Morgan fingerprint density at radius 3 is 2.00 bits per heavy atom. The van der Waals surface area contributed by atoms with E-state index in [2.05, 4.69) is 0 Å². The Hall–Kier alpha value is -0.0503. The number of benzene rings is 1. The van der Waals surface area contributed by atoms with Gasteiger partial charge in [0.25, 0.3) is 0 Å². The zero-order chi connectivity index (χ0) is 6.69. The number of rotatable bonds is 1. The van der Waals surface area contributed by atoms with Gasteiger partial charge >= 0.3 is 0 Å². The summed E-state index contributed by atoms with van der Waals surface area (Å²) in [6.45, 7) is 0. The van der Waals surface area contributed by atoms with Gasteiger partial charge in [0.15, 0.2) is 0 Å². The van der Waals surface area contributed by atoms with Crippen molar-refractivity contribution in [2.45, 2.75) is 0 Å². The maximum atomic E-state index is 10.4. The Bertz CT molecular complexity index is 210. The largest absolute Gasteiger partial charge is 0.366 e. The Kier molecular flexibility index (Phi) is 4.69. The molecule has 0 bridgehead atoms. The minimum absolute atomic E-state index is 0. The summed E-state index contributed by atoms with van der Waals surface area (Å²) in [6.07, 6.45) is 0. The van der Waals surface area contributed by atoms with E-state index in [4.69, 9.17) is 5.73 Å². The third kappa shape index (κ3) is 2.69. The van der Waals surface area contributed by atoms with Crippen LogP contribution in [0.5, 0.6) is 0 Å². The number of hydrogen-bond donors (Lipinski definition) is 1. The fourth-order valence-corrected chi connectivity index (χ4v) is 0.602. The average Bonchev–Trinajstić information content (AvgIpc) is 1.90. The second kappa shape index (κ2) is 4.72. The first-order valence-electron chi connectivity index (χ1n) is 2.65. The van der Waals surface area contributed by atoms with Gasteiger partial charge < -0.3 is 5.73 Å². The molecule has 1 aromatic carbocycles. The minimum Gasteiger partial charge on any atom is -0.366 e. The van der Waals surface area contributed by atoms with Crippen molar-refractivity contribution in [2.75, 3.05) is 0 Å². The summed E-state index contributed by atoms with van der Waals surface area (Å²) in [5.41, 5.74) is 5.53. The van der Waals surface area contributed by atoms with Crippen molar-refractivity contribution in [2.24, 2.45) is 5.73 Å². The van der Waals surface area contributed by atoms with Crippen molar-refractivity contribution in [3.63, 3.8) is 0 Å². The molecule has 1 rings (SSSR count). The summed E-state index contributed by atoms with van der Waals surface area (Å²) in [5, 5.41) is 0. The molecule has 0 unspecified atom stereocenters. The maximum Gasteiger partial charge on any atom is 0.248 e. The van der Waals surface area contributed by atoms with Crippen LogP contribution in [0.2, 0.25) is 0 Å². The Labute approximate surface area is 89.4 Å². The van der Waals surface area contributed by atoms with E-state index < -0.39 is 0 Å². The van der Waals surface area contributed by atoms with Crippen LogP contribution in [-0.2, 0) is 0 Å². The van der Waals surface area contributed by atoms with Crippen LogP contribution >= 0.6 is 0 Å². The zero-order valence-electron chi connectivity index (χ0n) is 5.58. The fourth-order valence-electron chi connectivity index (χ4n) is 0.602. The van der Waals surface area contributed by atoms with E-state index in [9.17, 15) is 4.79 Å². The summed E-state index contributed by atoms with van der Waals surface area (Å²) < 4.78 is 0. The molecule has 2 N–H and O–H groups in total. The first-order chi connectivity index (χ1) is 4.30. The van der Waals surface area contributed by atoms with Gasteiger partial charge in [0, 0.05) is 43.3 Å². The van der Waals surface area contributed by atoms with E-state index in [1.54, 1.807) is 24.3 Å². The first-order valence-corrected chi connectivity index (χ1v) is 2.65. The van der Waals surface area contributed by atoms with Gasteiger partial charge in [0.1, 0.15) is 0 Å². The summed E-state index contributed by atoms with van der Waals surface area (Å²) >= 11 is 0. The monoisotopic (exact) mass is 161 g/mol. The van der Waals surface area contributed by atoms with Crippen molar-refractivity contribution in [1.82, 2.24) is 0 Å². The standard InChI is InChI=1S/C7H7NO.Ca/c8-7(9)6-4-2-1-3-5-6;/h1-5H,(H2,8,9);. The molecule has 0 heterocycles. The van der Waals surface area contributed by atoms with Gasteiger partial charge in [-0.2, -0.15) is 0 Å². The molecule has 0 fully saturated rings. The number of nitrogens with two attached hydrogens (primary N) is 1. The van der Waals surface area contributed by atoms with Crippen molar-refractivity contribution in [3.8, 4) is 0 Å². The van der Waals surface area contributed by atoms with Crippen molar-refractivity contribution in [3.05, 3.63) is 35.9 Å². The number of hydrogen-bond acceptors (Lipinski definition) is 1. The summed E-state index contributed by atoms with van der Waals surface area (Å²) in [5.74, 6) is -0.379. The molecule has 1 amide bonds. The number of carbonyl (C=O) groups excluding carboxylic acids is 1. The predicted molar refractivity (Wildman–Crippen MR) is 40.7 cm³/mol. The summed E-state index contributed by atoms with van der Waals surface area (Å²) in [7, 11) is 0. The molecule has 1 aromatic rings. The molecule has 48 valence electrons. The van der Waals surface area contributed by atoms with Crippen LogP contribution in [0.3, 0.4) is 0 Å². The maximum absolute atomic E-state index is 10.4. The predicted octanol–water partition coefficient (Wildman–Crippen LogP) is 0.405. The SMILES string of the molecule is NC(=O)c1ccccc1.[Ca]. The van der Waals surface area contributed by atoms with Crippen LogP contribution < -0.4 is 5.73 Å².